The molecule has 0 aromatic heterocycles. The largest absolute Gasteiger partial charge is 0.325 e. The van der Waals surface area contributed by atoms with Crippen molar-refractivity contribution in [2.45, 2.75) is 31.7 Å². The number of thioether (sulfide) groups is 1. The number of carbonyl (C=O) groups is 1. The Morgan fingerprint density at radius 3 is 2.63 bits per heavy atom. The Kier molecular flexibility index (Phi) is 7.30. The van der Waals surface area contributed by atoms with E-state index < -0.39 is 0 Å². The molecule has 1 atom stereocenters. The first kappa shape index (κ1) is 19.9. The van der Waals surface area contributed by atoms with Crippen LogP contribution in [0.15, 0.2) is 54.6 Å². The maximum absolute atomic E-state index is 13.2. The summed E-state index contributed by atoms with van der Waals surface area (Å²) in [4.78, 5) is 17.2. The second kappa shape index (κ2) is 9.90. The van der Waals surface area contributed by atoms with E-state index in [2.05, 4.69) is 24.0 Å². The van der Waals surface area contributed by atoms with Crippen LogP contribution in [0.4, 0.5) is 4.39 Å². The summed E-state index contributed by atoms with van der Waals surface area (Å²) in [6.45, 7) is 5.05. The Morgan fingerprint density at radius 1 is 1.19 bits per heavy atom. The number of nitrogens with zero attached hydrogens (tertiary/aromatic N) is 2. The van der Waals surface area contributed by atoms with Crippen LogP contribution >= 0.6 is 11.8 Å². The minimum atomic E-state index is -0.242. The van der Waals surface area contributed by atoms with Gasteiger partial charge in [0.1, 0.15) is 11.2 Å². The molecule has 0 N–H and O–H groups in total. The molecule has 1 fully saturated rings. The van der Waals surface area contributed by atoms with E-state index >= 15 is 0 Å². The lowest BCUT2D eigenvalue weighted by Crippen LogP contribution is -2.40. The lowest BCUT2D eigenvalue weighted by molar-refractivity contribution is -0.132. The molecule has 1 heterocycles. The zero-order valence-electron chi connectivity index (χ0n) is 15.8. The summed E-state index contributed by atoms with van der Waals surface area (Å²) < 4.78 is 13.2. The van der Waals surface area contributed by atoms with Crippen molar-refractivity contribution in [1.82, 2.24) is 9.80 Å². The molecule has 0 spiro atoms. The minimum Gasteiger partial charge on any atom is -0.325 e. The van der Waals surface area contributed by atoms with Crippen LogP contribution in [0.1, 0.15) is 36.3 Å². The number of unbranched alkanes of at least 4 members (excludes halogenated alkanes) is 1. The molecule has 1 aliphatic rings. The Balaban J connectivity index is 1.67. The summed E-state index contributed by atoms with van der Waals surface area (Å²) in [5.74, 6) is 0.830. The summed E-state index contributed by atoms with van der Waals surface area (Å²) in [6.07, 6.45) is 2.19. The molecule has 0 radical (unpaired) electrons. The van der Waals surface area contributed by atoms with Gasteiger partial charge < -0.3 is 4.90 Å². The summed E-state index contributed by atoms with van der Waals surface area (Å²) in [5, 5.41) is -0.0112. The Bertz CT molecular complexity index is 723. The molecule has 3 nitrogen and oxygen atoms in total. The van der Waals surface area contributed by atoms with Crippen molar-refractivity contribution < 1.29 is 9.18 Å². The van der Waals surface area contributed by atoms with Gasteiger partial charge >= 0.3 is 0 Å². The van der Waals surface area contributed by atoms with E-state index in [1.54, 1.807) is 23.9 Å². The van der Waals surface area contributed by atoms with Crippen molar-refractivity contribution in [3.63, 3.8) is 0 Å². The third-order valence-electron chi connectivity index (χ3n) is 4.80. The highest BCUT2D eigenvalue weighted by Crippen LogP contribution is 2.37. The van der Waals surface area contributed by atoms with Gasteiger partial charge in [0, 0.05) is 18.8 Å². The quantitative estimate of drug-likeness (QED) is 0.657. The maximum Gasteiger partial charge on any atom is 0.237 e. The van der Waals surface area contributed by atoms with Crippen molar-refractivity contribution in [2.75, 3.05) is 25.4 Å². The second-order valence-electron chi connectivity index (χ2n) is 6.91. The summed E-state index contributed by atoms with van der Waals surface area (Å²) in [5.41, 5.74) is 2.22. The van der Waals surface area contributed by atoms with Gasteiger partial charge in [0.25, 0.3) is 0 Å². The fraction of sp³-hybridized carbons (Fsp3) is 0.409. The Labute approximate surface area is 165 Å². The van der Waals surface area contributed by atoms with E-state index in [4.69, 9.17) is 0 Å². The van der Waals surface area contributed by atoms with Gasteiger partial charge in [-0.1, -0.05) is 55.8 Å². The second-order valence-corrected chi connectivity index (χ2v) is 8.10. The predicted octanol–water partition coefficient (Wildman–Crippen LogP) is 4.70. The van der Waals surface area contributed by atoms with Gasteiger partial charge in [-0.15, -0.1) is 11.8 Å². The molecule has 1 saturated heterocycles. The van der Waals surface area contributed by atoms with Crippen LogP contribution in [0.2, 0.25) is 0 Å². The van der Waals surface area contributed by atoms with Gasteiger partial charge in [0.05, 0.1) is 6.54 Å². The van der Waals surface area contributed by atoms with Crippen molar-refractivity contribution >= 4 is 17.7 Å². The summed E-state index contributed by atoms with van der Waals surface area (Å²) in [7, 11) is 0. The first-order valence-electron chi connectivity index (χ1n) is 9.60. The van der Waals surface area contributed by atoms with Crippen LogP contribution < -0.4 is 0 Å². The molecule has 0 aliphatic carbocycles. The van der Waals surface area contributed by atoms with Crippen LogP contribution in [0.25, 0.3) is 0 Å². The zero-order chi connectivity index (χ0) is 19.1. The molecule has 0 bridgehead atoms. The number of rotatable bonds is 8. The average Bonchev–Trinajstić information content (AvgIpc) is 3.17. The van der Waals surface area contributed by atoms with Crippen LogP contribution in [-0.2, 0) is 11.3 Å². The van der Waals surface area contributed by atoms with Crippen molar-refractivity contribution in [2.24, 2.45) is 0 Å². The Morgan fingerprint density at radius 2 is 1.93 bits per heavy atom. The van der Waals surface area contributed by atoms with E-state index in [0.717, 1.165) is 43.8 Å². The highest BCUT2D eigenvalue weighted by Gasteiger charge is 2.31. The number of amides is 1. The Hall–Kier alpha value is -1.85. The molecule has 2 aromatic rings. The molecule has 1 amide bonds. The molecule has 2 aromatic carbocycles. The lowest BCUT2D eigenvalue weighted by Gasteiger charge is -2.28. The molecule has 5 heteroatoms. The molecule has 27 heavy (non-hydrogen) atoms. The first-order chi connectivity index (χ1) is 13.2. The number of hydrogen-bond acceptors (Lipinski definition) is 3. The standard InChI is InChI=1S/C22H27FN2OS/c1-2-3-13-24(16-18-7-5-4-6-8-18)17-21(26)25-14-15-27-22(25)19-9-11-20(23)12-10-19/h4-12,22H,2-3,13-17H2,1H3/t22-/m0/s1. The number of benzene rings is 2. The highest BCUT2D eigenvalue weighted by molar-refractivity contribution is 7.99. The normalized spacial score (nSPS) is 16.9. The molecule has 144 valence electrons. The van der Waals surface area contributed by atoms with Crippen molar-refractivity contribution in [1.29, 1.82) is 0 Å². The van der Waals surface area contributed by atoms with Crippen LogP contribution in [-0.4, -0.2) is 41.1 Å². The van der Waals surface area contributed by atoms with Crippen molar-refractivity contribution in [3.05, 3.63) is 71.5 Å². The van der Waals surface area contributed by atoms with E-state index in [-0.39, 0.29) is 17.1 Å². The third-order valence-corrected chi connectivity index (χ3v) is 6.06. The monoisotopic (exact) mass is 386 g/mol. The van der Waals surface area contributed by atoms with E-state index in [0.29, 0.717) is 6.54 Å². The van der Waals surface area contributed by atoms with Gasteiger partial charge in [0.15, 0.2) is 0 Å². The SMILES string of the molecule is CCCCN(CC(=O)N1CCS[C@H]1c1ccc(F)cc1)Cc1ccccc1. The van der Waals surface area contributed by atoms with E-state index in [1.807, 2.05) is 23.1 Å². The number of hydrogen-bond donors (Lipinski definition) is 0. The van der Waals surface area contributed by atoms with E-state index in [9.17, 15) is 9.18 Å². The molecule has 0 unspecified atom stereocenters. The maximum atomic E-state index is 13.2. The summed E-state index contributed by atoms with van der Waals surface area (Å²) in [6, 6.07) is 16.8. The third kappa shape index (κ3) is 5.56. The van der Waals surface area contributed by atoms with E-state index in [1.165, 1.54) is 17.7 Å². The predicted molar refractivity (Wildman–Crippen MR) is 110 cm³/mol. The first-order valence-corrected chi connectivity index (χ1v) is 10.6. The van der Waals surface area contributed by atoms with Gasteiger partial charge in [-0.05, 0) is 36.2 Å². The summed E-state index contributed by atoms with van der Waals surface area (Å²) >= 11 is 1.75. The molecular formula is C22H27FN2OS. The van der Waals surface area contributed by atoms with Gasteiger partial charge in [-0.3, -0.25) is 9.69 Å². The molecule has 3 rings (SSSR count). The van der Waals surface area contributed by atoms with Crippen LogP contribution in [0.3, 0.4) is 0 Å². The zero-order valence-corrected chi connectivity index (χ0v) is 16.6. The number of carbonyl (C=O) groups excluding carboxylic acids is 1. The van der Waals surface area contributed by atoms with Gasteiger partial charge in [0.2, 0.25) is 5.91 Å². The molecular weight excluding hydrogens is 359 g/mol. The van der Waals surface area contributed by atoms with Gasteiger partial charge in [-0.25, -0.2) is 4.39 Å². The fourth-order valence-electron chi connectivity index (χ4n) is 3.35. The highest BCUT2D eigenvalue weighted by atomic mass is 32.2. The lowest BCUT2D eigenvalue weighted by atomic mass is 10.2. The van der Waals surface area contributed by atoms with Crippen LogP contribution in [0, 0.1) is 5.82 Å². The smallest absolute Gasteiger partial charge is 0.237 e. The number of halogens is 1. The molecule has 1 aliphatic heterocycles. The van der Waals surface area contributed by atoms with Gasteiger partial charge in [-0.2, -0.15) is 0 Å². The molecule has 0 saturated carbocycles. The van der Waals surface area contributed by atoms with Crippen molar-refractivity contribution in [3.8, 4) is 0 Å². The fourth-order valence-corrected chi connectivity index (χ4v) is 4.63. The van der Waals surface area contributed by atoms with Crippen LogP contribution in [0.5, 0.6) is 0 Å². The average molecular weight is 387 g/mol. The minimum absolute atomic E-state index is 0.0112. The topological polar surface area (TPSA) is 23.6 Å².